The van der Waals surface area contributed by atoms with E-state index in [2.05, 4.69) is 27.2 Å². The summed E-state index contributed by atoms with van der Waals surface area (Å²) in [7, 11) is 1.34. The number of aromatic nitrogens is 4. The summed E-state index contributed by atoms with van der Waals surface area (Å²) in [6.07, 6.45) is 1.61. The molecule has 0 radical (unpaired) electrons. The fourth-order valence-corrected chi connectivity index (χ4v) is 3.69. The molecule has 4 rings (SSSR count). The van der Waals surface area contributed by atoms with Crippen LogP contribution in [0.15, 0.2) is 35.3 Å². The Morgan fingerprint density at radius 3 is 2.84 bits per heavy atom. The minimum atomic E-state index is -0.422. The second kappa shape index (κ2) is 9.02. The summed E-state index contributed by atoms with van der Waals surface area (Å²) in [5, 5.41) is 7.65. The zero-order valence-electron chi connectivity index (χ0n) is 17.6. The van der Waals surface area contributed by atoms with Crippen LogP contribution in [0.25, 0.3) is 11.0 Å². The number of hydrogen-bond donors (Lipinski definition) is 1. The number of esters is 1. The van der Waals surface area contributed by atoms with Crippen molar-refractivity contribution in [1.82, 2.24) is 24.6 Å². The molecule has 1 aliphatic rings. The van der Waals surface area contributed by atoms with Gasteiger partial charge in [-0.25, -0.2) is 14.5 Å². The zero-order valence-corrected chi connectivity index (χ0v) is 17.6. The largest absolute Gasteiger partial charge is 0.465 e. The van der Waals surface area contributed by atoms with Crippen molar-refractivity contribution in [3.8, 4) is 11.8 Å². The summed E-state index contributed by atoms with van der Waals surface area (Å²) in [5.74, 6) is 6.27. The Morgan fingerprint density at radius 2 is 2.10 bits per heavy atom. The number of nitrogens with zero attached hydrogens (tertiary/aromatic N) is 5. The van der Waals surface area contributed by atoms with Crippen LogP contribution >= 0.6 is 0 Å². The summed E-state index contributed by atoms with van der Waals surface area (Å²) in [5.41, 5.74) is 2.00. The highest BCUT2D eigenvalue weighted by Crippen LogP contribution is 2.20. The van der Waals surface area contributed by atoms with Gasteiger partial charge in [0, 0.05) is 26.2 Å². The van der Waals surface area contributed by atoms with Gasteiger partial charge in [-0.2, -0.15) is 5.10 Å². The van der Waals surface area contributed by atoms with E-state index in [1.807, 2.05) is 10.6 Å². The van der Waals surface area contributed by atoms with Gasteiger partial charge in [0.1, 0.15) is 11.0 Å². The number of hydrogen-bond acceptors (Lipinski definition) is 7. The van der Waals surface area contributed by atoms with Crippen LogP contribution in [0.1, 0.15) is 22.8 Å². The maximum Gasteiger partial charge on any atom is 0.337 e. The predicted molar refractivity (Wildman–Crippen MR) is 117 cm³/mol. The van der Waals surface area contributed by atoms with Crippen LogP contribution in [-0.2, 0) is 17.8 Å². The van der Waals surface area contributed by atoms with Gasteiger partial charge in [-0.1, -0.05) is 18.1 Å². The maximum absolute atomic E-state index is 13.4. The smallest absolute Gasteiger partial charge is 0.337 e. The van der Waals surface area contributed by atoms with Crippen LogP contribution in [0.3, 0.4) is 0 Å². The number of carbonyl (C=O) groups is 1. The van der Waals surface area contributed by atoms with Gasteiger partial charge in [0.25, 0.3) is 5.56 Å². The molecule has 0 spiro atoms. The molecule has 9 nitrogen and oxygen atoms in total. The molecule has 9 heteroatoms. The van der Waals surface area contributed by atoms with Crippen LogP contribution in [-0.4, -0.2) is 58.6 Å². The summed E-state index contributed by atoms with van der Waals surface area (Å²) >= 11 is 0. The van der Waals surface area contributed by atoms with E-state index in [0.29, 0.717) is 23.1 Å². The first-order chi connectivity index (χ1) is 15.1. The number of anilines is 1. The molecule has 1 saturated heterocycles. The number of piperazine rings is 1. The van der Waals surface area contributed by atoms with Gasteiger partial charge in [0.15, 0.2) is 0 Å². The number of carbonyl (C=O) groups excluding carboxylic acids is 1. The molecule has 1 N–H and O–H groups in total. The average molecular weight is 420 g/mol. The van der Waals surface area contributed by atoms with Crippen molar-refractivity contribution in [3.63, 3.8) is 0 Å². The van der Waals surface area contributed by atoms with E-state index in [4.69, 9.17) is 9.72 Å². The fourth-order valence-electron chi connectivity index (χ4n) is 3.69. The standard InChI is InChI=1S/C22H24N6O3/c1-3-4-10-27-19-18(25-22(27)26-11-8-23-9-12-26)14-24-28(20(19)29)15-16-6-5-7-17(13-16)21(30)31-2/h5-7,13-14,23H,8-12,15H2,1-2H3. The van der Waals surface area contributed by atoms with Crippen molar-refractivity contribution >= 4 is 23.0 Å². The first-order valence-electron chi connectivity index (χ1n) is 10.1. The molecule has 1 aromatic carbocycles. The Kier molecular flexibility index (Phi) is 6.00. The Hall–Kier alpha value is -3.64. The molecular weight excluding hydrogens is 396 g/mol. The third-order valence-electron chi connectivity index (χ3n) is 5.23. The van der Waals surface area contributed by atoms with Crippen molar-refractivity contribution in [2.24, 2.45) is 0 Å². The number of rotatable bonds is 5. The van der Waals surface area contributed by atoms with Gasteiger partial charge < -0.3 is 15.0 Å². The molecular formula is C22H24N6O3. The van der Waals surface area contributed by atoms with Gasteiger partial charge in [0.2, 0.25) is 5.95 Å². The normalized spacial score (nSPS) is 13.7. The second-order valence-electron chi connectivity index (χ2n) is 7.19. The topological polar surface area (TPSA) is 94.3 Å². The van der Waals surface area contributed by atoms with Gasteiger partial charge in [-0.05, 0) is 24.6 Å². The Labute approximate surface area is 179 Å². The first kappa shape index (κ1) is 20.6. The fraction of sp³-hybridized carbons (Fsp3) is 0.364. The third kappa shape index (κ3) is 4.15. The van der Waals surface area contributed by atoms with Crippen molar-refractivity contribution in [3.05, 3.63) is 51.9 Å². The lowest BCUT2D eigenvalue weighted by Crippen LogP contribution is -2.44. The van der Waals surface area contributed by atoms with E-state index in [0.717, 1.165) is 37.7 Å². The van der Waals surface area contributed by atoms with E-state index in [1.165, 1.54) is 11.8 Å². The first-order valence-corrected chi connectivity index (χ1v) is 10.1. The van der Waals surface area contributed by atoms with Crippen molar-refractivity contribution in [2.45, 2.75) is 20.0 Å². The Balaban J connectivity index is 1.76. The Morgan fingerprint density at radius 1 is 1.29 bits per heavy atom. The quantitative estimate of drug-likeness (QED) is 0.483. The molecule has 0 atom stereocenters. The maximum atomic E-state index is 13.4. The predicted octanol–water partition coefficient (Wildman–Crippen LogP) is 0.861. The summed E-state index contributed by atoms with van der Waals surface area (Å²) < 4.78 is 8.04. The average Bonchev–Trinajstić information content (AvgIpc) is 3.19. The van der Waals surface area contributed by atoms with E-state index < -0.39 is 5.97 Å². The summed E-state index contributed by atoms with van der Waals surface area (Å²) in [6, 6.07) is 6.98. The molecule has 0 bridgehead atoms. The van der Waals surface area contributed by atoms with Crippen LogP contribution < -0.4 is 15.8 Å². The van der Waals surface area contributed by atoms with Gasteiger partial charge >= 0.3 is 5.97 Å². The van der Waals surface area contributed by atoms with Crippen LogP contribution in [0.2, 0.25) is 0 Å². The van der Waals surface area contributed by atoms with Crippen LogP contribution in [0.5, 0.6) is 0 Å². The highest BCUT2D eigenvalue weighted by Gasteiger charge is 2.21. The zero-order chi connectivity index (χ0) is 21.8. The summed E-state index contributed by atoms with van der Waals surface area (Å²) in [6.45, 7) is 5.73. The lowest BCUT2D eigenvalue weighted by atomic mass is 10.1. The van der Waals surface area contributed by atoms with E-state index in [-0.39, 0.29) is 12.1 Å². The van der Waals surface area contributed by atoms with Crippen molar-refractivity contribution in [2.75, 3.05) is 38.2 Å². The minimum absolute atomic E-state index is 0.229. The van der Waals surface area contributed by atoms with E-state index >= 15 is 0 Å². The lowest BCUT2D eigenvalue weighted by Gasteiger charge is -2.28. The number of ether oxygens (including phenoxy) is 1. The highest BCUT2D eigenvalue weighted by atomic mass is 16.5. The molecule has 2 aromatic heterocycles. The highest BCUT2D eigenvalue weighted by molar-refractivity contribution is 5.89. The van der Waals surface area contributed by atoms with E-state index in [1.54, 1.807) is 31.3 Å². The molecule has 160 valence electrons. The summed E-state index contributed by atoms with van der Waals surface area (Å²) in [4.78, 5) is 32.0. The number of imidazole rings is 1. The molecule has 0 amide bonds. The third-order valence-corrected chi connectivity index (χ3v) is 5.23. The lowest BCUT2D eigenvalue weighted by molar-refractivity contribution is 0.0600. The van der Waals surface area contributed by atoms with Gasteiger partial charge in [-0.3, -0.25) is 9.36 Å². The molecule has 0 unspecified atom stereocenters. The number of methoxy groups -OCH3 is 1. The molecule has 31 heavy (non-hydrogen) atoms. The van der Waals surface area contributed by atoms with Gasteiger partial charge in [-0.15, -0.1) is 5.92 Å². The van der Waals surface area contributed by atoms with Gasteiger partial charge in [0.05, 0.1) is 32.0 Å². The number of benzene rings is 1. The van der Waals surface area contributed by atoms with Crippen LogP contribution in [0, 0.1) is 11.8 Å². The molecule has 3 aromatic rings. The SMILES string of the molecule is CC#CCn1c(N2CCNCC2)nc2cnn(Cc3cccc(C(=O)OC)c3)c(=O)c21. The second-order valence-corrected chi connectivity index (χ2v) is 7.19. The van der Waals surface area contributed by atoms with Crippen molar-refractivity contribution in [1.29, 1.82) is 0 Å². The molecule has 0 aliphatic carbocycles. The van der Waals surface area contributed by atoms with E-state index in [9.17, 15) is 9.59 Å². The Bertz CT molecular complexity index is 1230. The molecule has 3 heterocycles. The van der Waals surface area contributed by atoms with Crippen molar-refractivity contribution < 1.29 is 9.53 Å². The monoisotopic (exact) mass is 420 g/mol. The number of fused-ring (bicyclic) bond motifs is 1. The molecule has 0 saturated carbocycles. The molecule has 1 fully saturated rings. The minimum Gasteiger partial charge on any atom is -0.465 e. The van der Waals surface area contributed by atoms with Crippen LogP contribution in [0.4, 0.5) is 5.95 Å². The molecule has 1 aliphatic heterocycles. The number of nitrogens with one attached hydrogen (secondary N) is 1.